The second-order valence-corrected chi connectivity index (χ2v) is 8.99. The van der Waals surface area contributed by atoms with Gasteiger partial charge in [-0.2, -0.15) is 0 Å². The van der Waals surface area contributed by atoms with Crippen molar-refractivity contribution in [2.24, 2.45) is 0 Å². The van der Waals surface area contributed by atoms with Crippen molar-refractivity contribution >= 4 is 34.9 Å². The zero-order valence-electron chi connectivity index (χ0n) is 19.1. The van der Waals surface area contributed by atoms with Gasteiger partial charge in [0.25, 0.3) is 5.91 Å². The van der Waals surface area contributed by atoms with Crippen molar-refractivity contribution in [3.8, 4) is 5.75 Å². The number of nitrogens with zero attached hydrogens (tertiary/aromatic N) is 3. The number of urea groups is 2. The highest BCUT2D eigenvalue weighted by molar-refractivity contribution is 6.07. The number of amides is 5. The van der Waals surface area contributed by atoms with E-state index in [0.717, 1.165) is 23.3 Å². The first-order valence-corrected chi connectivity index (χ1v) is 11.4. The van der Waals surface area contributed by atoms with Crippen LogP contribution in [0.4, 0.5) is 15.4 Å². The van der Waals surface area contributed by atoms with Crippen LogP contribution in [0.3, 0.4) is 0 Å². The number of fused-ring (bicyclic) bond motifs is 2. The summed E-state index contributed by atoms with van der Waals surface area (Å²) in [5.74, 6) is 1.08. The lowest BCUT2D eigenvalue weighted by Gasteiger charge is -2.28. The number of nitrogens with one attached hydrogen (secondary N) is 3. The molecule has 1 atom stereocenters. The third-order valence-electron chi connectivity index (χ3n) is 6.74. The van der Waals surface area contributed by atoms with Gasteiger partial charge in [-0.1, -0.05) is 6.07 Å². The van der Waals surface area contributed by atoms with Crippen molar-refractivity contribution in [1.82, 2.24) is 25.8 Å². The van der Waals surface area contributed by atoms with Crippen molar-refractivity contribution in [1.29, 1.82) is 0 Å². The maximum atomic E-state index is 13.1. The summed E-state index contributed by atoms with van der Waals surface area (Å²) in [4.78, 5) is 45.9. The standard InChI is InChI=1S/C24H24N6O5/c1-34-16-4-3-14-11-29(12-15(14)9-16)13-24(21(31)27-22(32)28-24)19-10-17-18(35-19)5-6-20(26-17)30-8-2-7-25-23(30)33/h3-6,9-10H,2,7-8,11-13H2,1H3,(H,25,33)(H2,27,28,31,32)/t24-/m0/s1. The van der Waals surface area contributed by atoms with Crippen LogP contribution < -0.4 is 25.6 Å². The fourth-order valence-electron chi connectivity index (χ4n) is 4.99. The predicted octanol–water partition coefficient (Wildman–Crippen LogP) is 1.81. The summed E-state index contributed by atoms with van der Waals surface area (Å²) < 4.78 is 11.4. The average Bonchev–Trinajstić information content (AvgIpc) is 3.53. The molecule has 2 fully saturated rings. The first-order chi connectivity index (χ1) is 16.9. The highest BCUT2D eigenvalue weighted by Crippen LogP contribution is 2.35. The van der Waals surface area contributed by atoms with Crippen molar-refractivity contribution < 1.29 is 23.5 Å². The summed E-state index contributed by atoms with van der Waals surface area (Å²) in [5, 5.41) is 7.96. The van der Waals surface area contributed by atoms with Crippen molar-refractivity contribution in [2.75, 3.05) is 31.6 Å². The molecule has 6 rings (SSSR count). The number of carbonyl (C=O) groups is 3. The molecule has 35 heavy (non-hydrogen) atoms. The van der Waals surface area contributed by atoms with Crippen LogP contribution >= 0.6 is 0 Å². The molecule has 3 aliphatic rings. The molecule has 0 bridgehead atoms. The van der Waals surface area contributed by atoms with Gasteiger partial charge in [-0.3, -0.25) is 19.9 Å². The predicted molar refractivity (Wildman–Crippen MR) is 125 cm³/mol. The summed E-state index contributed by atoms with van der Waals surface area (Å²) in [6.45, 7) is 2.64. The summed E-state index contributed by atoms with van der Waals surface area (Å²) in [6, 6.07) is 10.2. The monoisotopic (exact) mass is 476 g/mol. The molecule has 180 valence electrons. The third kappa shape index (κ3) is 3.55. The number of hydrogen-bond acceptors (Lipinski definition) is 7. The molecule has 11 heteroatoms. The molecule has 3 N–H and O–H groups in total. The number of benzene rings is 1. The Morgan fingerprint density at radius 1 is 1.11 bits per heavy atom. The highest BCUT2D eigenvalue weighted by Gasteiger charge is 2.52. The molecule has 0 unspecified atom stereocenters. The minimum atomic E-state index is -1.41. The number of furan rings is 1. The molecule has 3 aromatic rings. The number of pyridine rings is 1. The van der Waals surface area contributed by atoms with Gasteiger partial charge in [0.05, 0.1) is 7.11 Å². The van der Waals surface area contributed by atoms with Gasteiger partial charge in [-0.15, -0.1) is 0 Å². The van der Waals surface area contributed by atoms with Gasteiger partial charge in [-0.25, -0.2) is 14.6 Å². The first kappa shape index (κ1) is 21.4. The van der Waals surface area contributed by atoms with Gasteiger partial charge in [0.15, 0.2) is 11.1 Å². The molecule has 2 aromatic heterocycles. The fourth-order valence-corrected chi connectivity index (χ4v) is 4.99. The molecule has 0 radical (unpaired) electrons. The quantitative estimate of drug-likeness (QED) is 0.479. The van der Waals surface area contributed by atoms with E-state index < -0.39 is 17.5 Å². The topological polar surface area (TPSA) is 129 Å². The second-order valence-electron chi connectivity index (χ2n) is 8.99. The number of rotatable bonds is 5. The van der Waals surface area contributed by atoms with E-state index >= 15 is 0 Å². The molecule has 1 aromatic carbocycles. The molecule has 5 heterocycles. The normalized spacial score (nSPS) is 22.2. The van der Waals surface area contributed by atoms with Crippen LogP contribution in [-0.4, -0.2) is 54.6 Å². The summed E-state index contributed by atoms with van der Waals surface area (Å²) in [6.07, 6.45) is 0.821. The van der Waals surface area contributed by atoms with Gasteiger partial charge >= 0.3 is 12.1 Å². The Morgan fingerprint density at radius 2 is 1.97 bits per heavy atom. The Balaban J connectivity index is 1.33. The first-order valence-electron chi connectivity index (χ1n) is 11.4. The van der Waals surface area contributed by atoms with Crippen LogP contribution in [0.5, 0.6) is 5.75 Å². The molecule has 11 nitrogen and oxygen atoms in total. The zero-order valence-corrected chi connectivity index (χ0v) is 19.1. The Morgan fingerprint density at radius 3 is 2.74 bits per heavy atom. The van der Waals surface area contributed by atoms with E-state index in [2.05, 4.69) is 25.8 Å². The third-order valence-corrected chi connectivity index (χ3v) is 6.74. The Bertz CT molecular complexity index is 1370. The van der Waals surface area contributed by atoms with Crippen LogP contribution in [0.1, 0.15) is 23.3 Å². The van der Waals surface area contributed by atoms with E-state index in [-0.39, 0.29) is 18.3 Å². The number of imide groups is 1. The van der Waals surface area contributed by atoms with E-state index in [4.69, 9.17) is 9.15 Å². The lowest BCUT2D eigenvalue weighted by atomic mass is 9.95. The van der Waals surface area contributed by atoms with E-state index in [1.165, 1.54) is 0 Å². The number of aromatic nitrogens is 1. The molecular formula is C24H24N6O5. The minimum absolute atomic E-state index is 0.198. The van der Waals surface area contributed by atoms with E-state index in [9.17, 15) is 14.4 Å². The lowest BCUT2D eigenvalue weighted by Crippen LogP contribution is -2.51. The summed E-state index contributed by atoms with van der Waals surface area (Å²) >= 11 is 0. The average molecular weight is 476 g/mol. The van der Waals surface area contributed by atoms with Gasteiger partial charge in [0.1, 0.15) is 22.8 Å². The van der Waals surface area contributed by atoms with Crippen LogP contribution in [0, 0.1) is 0 Å². The molecule has 3 aliphatic heterocycles. The number of anilines is 1. The Labute approximate surface area is 200 Å². The van der Waals surface area contributed by atoms with Crippen LogP contribution in [0.15, 0.2) is 40.8 Å². The van der Waals surface area contributed by atoms with Crippen molar-refractivity contribution in [3.05, 3.63) is 53.3 Å². The van der Waals surface area contributed by atoms with Crippen LogP contribution in [-0.2, 0) is 23.4 Å². The van der Waals surface area contributed by atoms with E-state index in [0.29, 0.717) is 43.1 Å². The molecule has 0 spiro atoms. The molecule has 0 saturated carbocycles. The Kier molecular flexibility index (Phi) is 4.88. The molecule has 2 saturated heterocycles. The molecule has 0 aliphatic carbocycles. The molecule has 5 amide bonds. The lowest BCUT2D eigenvalue weighted by molar-refractivity contribution is -0.125. The number of carbonyl (C=O) groups excluding carboxylic acids is 3. The summed E-state index contributed by atoms with van der Waals surface area (Å²) in [7, 11) is 1.63. The smallest absolute Gasteiger partial charge is 0.323 e. The van der Waals surface area contributed by atoms with Crippen molar-refractivity contribution in [2.45, 2.75) is 25.0 Å². The van der Waals surface area contributed by atoms with Gasteiger partial charge in [0, 0.05) is 38.8 Å². The zero-order chi connectivity index (χ0) is 24.2. The minimum Gasteiger partial charge on any atom is -0.497 e. The summed E-state index contributed by atoms with van der Waals surface area (Å²) in [5.41, 5.74) is 1.80. The van der Waals surface area contributed by atoms with Gasteiger partial charge in [0.2, 0.25) is 0 Å². The number of hydrogen-bond donors (Lipinski definition) is 3. The van der Waals surface area contributed by atoms with E-state index in [1.807, 2.05) is 18.2 Å². The number of ether oxygens (including phenoxy) is 1. The van der Waals surface area contributed by atoms with Crippen LogP contribution in [0.25, 0.3) is 11.1 Å². The maximum absolute atomic E-state index is 13.1. The molecular weight excluding hydrogens is 452 g/mol. The van der Waals surface area contributed by atoms with E-state index in [1.54, 1.807) is 30.2 Å². The van der Waals surface area contributed by atoms with Crippen molar-refractivity contribution in [3.63, 3.8) is 0 Å². The van der Waals surface area contributed by atoms with Crippen LogP contribution in [0.2, 0.25) is 0 Å². The number of methoxy groups -OCH3 is 1. The van der Waals surface area contributed by atoms with Gasteiger partial charge < -0.3 is 19.8 Å². The van der Waals surface area contributed by atoms with Gasteiger partial charge in [-0.05, 0) is 41.8 Å². The second kappa shape index (κ2) is 7.98. The maximum Gasteiger partial charge on any atom is 0.323 e. The largest absolute Gasteiger partial charge is 0.497 e. The SMILES string of the molecule is COc1ccc2c(c1)CN(C[C@@]1(c3cc4nc(N5CCCNC5=O)ccc4o3)NC(=O)NC1=O)C2. The fraction of sp³-hybridized carbons (Fsp3) is 0.333. The Hall–Kier alpha value is -4.12. The highest BCUT2D eigenvalue weighted by atomic mass is 16.5.